The van der Waals surface area contributed by atoms with Gasteiger partial charge in [-0.1, -0.05) is 47.1 Å². The van der Waals surface area contributed by atoms with Crippen LogP contribution in [0.3, 0.4) is 0 Å². The SMILES string of the molecule is COc1cc(O)c2c(=O)c(CC=C(C)C)c(-c3ccc(O)cc3O)oc2c1C1C=C(C)CC(c2ccc(O)cc2)C1C(=O)c1ccc(O)c(CC=C(C)C)c1O. The first-order valence-electron chi connectivity index (χ1n) is 18.3. The normalized spacial score (nSPS) is 16.6. The number of ether oxygens (including phenoxy) is 1. The van der Waals surface area contributed by atoms with E-state index >= 15 is 4.79 Å². The number of phenols is 6. The lowest BCUT2D eigenvalue weighted by molar-refractivity contribution is 0.0877. The van der Waals surface area contributed by atoms with E-state index in [1.807, 2.05) is 52.8 Å². The molecule has 1 aromatic heterocycles. The van der Waals surface area contributed by atoms with Gasteiger partial charge in [0.1, 0.15) is 57.0 Å². The number of aromatic hydroxyl groups is 6. The molecule has 1 aliphatic carbocycles. The summed E-state index contributed by atoms with van der Waals surface area (Å²) >= 11 is 0. The molecule has 3 unspecified atom stereocenters. The van der Waals surface area contributed by atoms with Crippen LogP contribution in [-0.4, -0.2) is 43.5 Å². The van der Waals surface area contributed by atoms with E-state index in [4.69, 9.17) is 9.15 Å². The second-order valence-corrected chi connectivity index (χ2v) is 14.9. The molecule has 4 aromatic carbocycles. The minimum atomic E-state index is -0.988. The maximum absolute atomic E-state index is 15.2. The lowest BCUT2D eigenvalue weighted by Gasteiger charge is -2.37. The zero-order valence-corrected chi connectivity index (χ0v) is 32.2. The molecule has 0 amide bonds. The highest BCUT2D eigenvalue weighted by molar-refractivity contribution is 6.03. The summed E-state index contributed by atoms with van der Waals surface area (Å²) in [6.45, 7) is 9.44. The van der Waals surface area contributed by atoms with Crippen LogP contribution in [0.25, 0.3) is 22.3 Å². The van der Waals surface area contributed by atoms with Crippen molar-refractivity contribution in [1.82, 2.24) is 0 Å². The summed E-state index contributed by atoms with van der Waals surface area (Å²) in [6, 6.07) is 14.6. The summed E-state index contributed by atoms with van der Waals surface area (Å²) in [5.74, 6) is -4.20. The van der Waals surface area contributed by atoms with Gasteiger partial charge in [-0.2, -0.15) is 0 Å². The molecule has 0 saturated carbocycles. The van der Waals surface area contributed by atoms with E-state index in [2.05, 4.69) is 0 Å². The molecule has 0 aliphatic heterocycles. The Morgan fingerprint density at radius 3 is 2.07 bits per heavy atom. The Bertz CT molecular complexity index is 2490. The fourth-order valence-electron chi connectivity index (χ4n) is 7.66. The second kappa shape index (κ2) is 15.7. The van der Waals surface area contributed by atoms with Crippen LogP contribution in [0.1, 0.15) is 85.5 Å². The number of hydrogen-bond donors (Lipinski definition) is 6. The van der Waals surface area contributed by atoms with E-state index in [0.717, 1.165) is 28.3 Å². The molecule has 0 bridgehead atoms. The van der Waals surface area contributed by atoms with E-state index in [1.165, 1.54) is 49.6 Å². The number of benzene rings is 4. The maximum Gasteiger partial charge on any atom is 0.200 e. The second-order valence-electron chi connectivity index (χ2n) is 14.9. The highest BCUT2D eigenvalue weighted by Crippen LogP contribution is 2.53. The van der Waals surface area contributed by atoms with Gasteiger partial charge in [-0.05, 0) is 102 Å². The lowest BCUT2D eigenvalue weighted by Crippen LogP contribution is -2.32. The Labute approximate surface area is 324 Å². The van der Waals surface area contributed by atoms with Crippen LogP contribution in [0.4, 0.5) is 0 Å². The Kier molecular flexibility index (Phi) is 11.0. The van der Waals surface area contributed by atoms with Crippen LogP contribution in [0, 0.1) is 5.92 Å². The van der Waals surface area contributed by atoms with Gasteiger partial charge in [0.2, 0.25) is 5.43 Å². The first kappa shape index (κ1) is 39.3. The number of fused-ring (bicyclic) bond motifs is 1. The third-order valence-electron chi connectivity index (χ3n) is 10.4. The number of rotatable bonds is 10. The molecule has 56 heavy (non-hydrogen) atoms. The molecule has 3 atom stereocenters. The van der Waals surface area contributed by atoms with Gasteiger partial charge in [0.15, 0.2) is 5.78 Å². The van der Waals surface area contributed by atoms with Gasteiger partial charge >= 0.3 is 0 Å². The van der Waals surface area contributed by atoms with Crippen molar-refractivity contribution in [2.24, 2.45) is 5.92 Å². The van der Waals surface area contributed by atoms with Crippen LogP contribution in [0.15, 0.2) is 105 Å². The van der Waals surface area contributed by atoms with E-state index in [-0.39, 0.29) is 91.9 Å². The average Bonchev–Trinajstić information content (AvgIpc) is 3.13. The van der Waals surface area contributed by atoms with Gasteiger partial charge in [0, 0.05) is 40.7 Å². The Morgan fingerprint density at radius 1 is 0.804 bits per heavy atom. The molecule has 10 heteroatoms. The van der Waals surface area contributed by atoms with E-state index in [9.17, 15) is 35.4 Å². The Hall–Kier alpha value is -6.42. The van der Waals surface area contributed by atoms with E-state index in [1.54, 1.807) is 12.1 Å². The quantitative estimate of drug-likeness (QED) is 0.0594. The Morgan fingerprint density at radius 2 is 1.45 bits per heavy atom. The number of methoxy groups -OCH3 is 1. The molecule has 290 valence electrons. The van der Waals surface area contributed by atoms with Crippen molar-refractivity contribution in [2.45, 2.75) is 65.7 Å². The lowest BCUT2D eigenvalue weighted by atomic mass is 9.65. The molecular weight excluding hydrogens is 712 g/mol. The van der Waals surface area contributed by atoms with Gasteiger partial charge in [0.05, 0.1) is 18.2 Å². The minimum absolute atomic E-state index is 0.000897. The van der Waals surface area contributed by atoms with E-state index in [0.29, 0.717) is 6.42 Å². The number of carbonyl (C=O) groups is 1. The number of hydrogen-bond acceptors (Lipinski definition) is 10. The van der Waals surface area contributed by atoms with Crippen molar-refractivity contribution in [2.75, 3.05) is 7.11 Å². The average molecular weight is 759 g/mol. The van der Waals surface area contributed by atoms with Crippen molar-refractivity contribution in [3.63, 3.8) is 0 Å². The minimum Gasteiger partial charge on any atom is -0.508 e. The van der Waals surface area contributed by atoms with Crippen LogP contribution < -0.4 is 10.2 Å². The van der Waals surface area contributed by atoms with Gasteiger partial charge in [0.25, 0.3) is 0 Å². The van der Waals surface area contributed by atoms with Crippen molar-refractivity contribution in [1.29, 1.82) is 0 Å². The summed E-state index contributed by atoms with van der Waals surface area (Å²) in [5.41, 5.74) is 3.55. The number of ketones is 1. The molecule has 6 N–H and O–H groups in total. The van der Waals surface area contributed by atoms with Crippen molar-refractivity contribution >= 4 is 16.8 Å². The monoisotopic (exact) mass is 758 g/mol. The largest absolute Gasteiger partial charge is 0.508 e. The van der Waals surface area contributed by atoms with E-state index < -0.39 is 34.7 Å². The summed E-state index contributed by atoms with van der Waals surface area (Å²) in [4.78, 5) is 29.8. The first-order chi connectivity index (χ1) is 26.6. The molecule has 6 rings (SSSR count). The summed E-state index contributed by atoms with van der Waals surface area (Å²) in [6.07, 6.45) is 6.24. The molecular formula is C46H46O10. The number of phenolic OH excluding ortho intramolecular Hbond substituents is 6. The maximum atomic E-state index is 15.2. The summed E-state index contributed by atoms with van der Waals surface area (Å²) in [5, 5.41) is 65.1. The zero-order chi connectivity index (χ0) is 40.6. The molecule has 1 heterocycles. The zero-order valence-electron chi connectivity index (χ0n) is 32.2. The molecule has 10 nitrogen and oxygen atoms in total. The number of carbonyl (C=O) groups excluding carboxylic acids is 1. The summed E-state index contributed by atoms with van der Waals surface area (Å²) in [7, 11) is 1.40. The molecule has 0 fully saturated rings. The van der Waals surface area contributed by atoms with Crippen LogP contribution in [0.2, 0.25) is 0 Å². The molecule has 1 aliphatic rings. The highest BCUT2D eigenvalue weighted by atomic mass is 16.5. The molecule has 0 radical (unpaired) electrons. The Balaban J connectivity index is 1.70. The predicted molar refractivity (Wildman–Crippen MR) is 215 cm³/mol. The third-order valence-corrected chi connectivity index (χ3v) is 10.4. The molecule has 0 spiro atoms. The molecule has 5 aromatic rings. The molecule has 0 saturated heterocycles. The summed E-state index contributed by atoms with van der Waals surface area (Å²) < 4.78 is 12.6. The number of Topliss-reactive ketones (excluding diaryl/α,β-unsaturated/α-hetero) is 1. The van der Waals surface area contributed by atoms with Crippen molar-refractivity contribution < 1.29 is 44.6 Å². The standard InChI is InChI=1S/C46H46O10/c1-23(2)7-14-29-35(49)18-17-31(42(29)52)43(53)39-33(26-9-11-27(47)12-10-26)19-25(5)20-34(39)40-38(55-6)22-37(51)41-44(54)32(15-8-24(3)4)45(56-46(40)41)30-16-13-28(48)21-36(30)50/h7-13,16-18,20-22,33-34,39,47-52H,14-15,19H2,1-6H3. The van der Waals surface area contributed by atoms with Gasteiger partial charge in [-0.15, -0.1) is 0 Å². The van der Waals surface area contributed by atoms with Crippen LogP contribution in [0.5, 0.6) is 40.2 Å². The van der Waals surface area contributed by atoms with Crippen LogP contribution in [-0.2, 0) is 12.8 Å². The van der Waals surface area contributed by atoms with Gasteiger partial charge in [-0.25, -0.2) is 0 Å². The smallest absolute Gasteiger partial charge is 0.200 e. The van der Waals surface area contributed by atoms with Crippen molar-refractivity contribution in [3.05, 3.63) is 134 Å². The van der Waals surface area contributed by atoms with Crippen molar-refractivity contribution in [3.8, 4) is 51.6 Å². The third kappa shape index (κ3) is 7.47. The van der Waals surface area contributed by atoms with Crippen LogP contribution >= 0.6 is 0 Å². The topological polar surface area (TPSA) is 178 Å². The fourth-order valence-corrected chi connectivity index (χ4v) is 7.66. The van der Waals surface area contributed by atoms with Gasteiger partial charge in [-0.3, -0.25) is 9.59 Å². The highest BCUT2D eigenvalue weighted by Gasteiger charge is 2.43. The fraction of sp³-hybridized carbons (Fsp3) is 0.261. The predicted octanol–water partition coefficient (Wildman–Crippen LogP) is 9.44. The number of allylic oxidation sites excluding steroid dienone is 6. The first-order valence-corrected chi connectivity index (χ1v) is 18.3. The van der Waals surface area contributed by atoms with Gasteiger partial charge < -0.3 is 39.8 Å².